The summed E-state index contributed by atoms with van der Waals surface area (Å²) in [7, 11) is 4.87. The summed E-state index contributed by atoms with van der Waals surface area (Å²) in [6.45, 7) is 0.0781. The number of methoxy groups -OCH3 is 2. The Labute approximate surface area is 174 Å². The number of nitrogens with one attached hydrogen (secondary N) is 1. The minimum Gasteiger partial charge on any atom is -0.493 e. The number of fused-ring (bicyclic) bond motifs is 4. The Morgan fingerprint density at radius 3 is 2.57 bits per heavy atom. The SMILES string of the molecule is COc1ccc(C2c3[nH]c4ccccc4c3C[C@H]3C(=O)N(C)CC(=O)N23)cc1OC. The van der Waals surface area contributed by atoms with Crippen LogP contribution in [0.1, 0.15) is 22.9 Å². The van der Waals surface area contributed by atoms with E-state index in [1.54, 1.807) is 26.2 Å². The highest BCUT2D eigenvalue weighted by Crippen LogP contribution is 2.44. The smallest absolute Gasteiger partial charge is 0.245 e. The van der Waals surface area contributed by atoms with E-state index in [0.29, 0.717) is 17.9 Å². The number of H-pyrrole nitrogens is 1. The maximum absolute atomic E-state index is 13.1. The number of ether oxygens (including phenoxy) is 2. The van der Waals surface area contributed by atoms with Crippen molar-refractivity contribution in [3.63, 3.8) is 0 Å². The predicted octanol–water partition coefficient (Wildman–Crippen LogP) is 2.50. The highest BCUT2D eigenvalue weighted by atomic mass is 16.5. The van der Waals surface area contributed by atoms with Gasteiger partial charge >= 0.3 is 0 Å². The number of amides is 2. The Hall–Kier alpha value is -3.48. The summed E-state index contributed by atoms with van der Waals surface area (Å²) in [6.07, 6.45) is 0.498. The highest BCUT2D eigenvalue weighted by molar-refractivity contribution is 5.97. The van der Waals surface area contributed by atoms with Crippen molar-refractivity contribution in [2.45, 2.75) is 18.5 Å². The van der Waals surface area contributed by atoms with Crippen LogP contribution in [-0.4, -0.2) is 60.5 Å². The lowest BCUT2D eigenvalue weighted by Crippen LogP contribution is -2.62. The molecule has 0 aliphatic carbocycles. The number of rotatable bonds is 3. The molecule has 1 aromatic heterocycles. The Balaban J connectivity index is 1.75. The molecule has 2 aliphatic heterocycles. The van der Waals surface area contributed by atoms with Crippen molar-refractivity contribution in [2.24, 2.45) is 0 Å². The number of piperazine rings is 1. The van der Waals surface area contributed by atoms with Gasteiger partial charge in [0.1, 0.15) is 6.04 Å². The van der Waals surface area contributed by atoms with Gasteiger partial charge in [-0.15, -0.1) is 0 Å². The number of carbonyl (C=O) groups is 2. The van der Waals surface area contributed by atoms with Crippen LogP contribution in [0.3, 0.4) is 0 Å². The number of aromatic amines is 1. The second-order valence-corrected chi connectivity index (χ2v) is 7.80. The molecule has 2 aliphatic rings. The summed E-state index contributed by atoms with van der Waals surface area (Å²) in [5.41, 5.74) is 3.91. The molecular weight excluding hydrogens is 382 g/mol. The summed E-state index contributed by atoms with van der Waals surface area (Å²) in [5, 5.41) is 1.09. The zero-order chi connectivity index (χ0) is 21.0. The third-order valence-corrected chi connectivity index (χ3v) is 6.18. The van der Waals surface area contributed by atoms with Crippen molar-refractivity contribution in [1.29, 1.82) is 0 Å². The molecule has 3 heterocycles. The number of carbonyl (C=O) groups excluding carboxylic acids is 2. The standard InChI is InChI=1S/C23H23N3O4/c1-25-12-20(27)26-17(23(25)28)11-15-14-6-4-5-7-16(14)24-21(15)22(26)13-8-9-18(29-2)19(10-13)30-3/h4-10,17,22,24H,11-12H2,1-3H3/t17-,22?/m0/s1. The first kappa shape index (κ1) is 18.5. The van der Waals surface area contributed by atoms with Gasteiger partial charge in [0.25, 0.3) is 0 Å². The molecule has 0 saturated carbocycles. The molecule has 1 N–H and O–H groups in total. The largest absolute Gasteiger partial charge is 0.493 e. The molecule has 2 aromatic carbocycles. The molecular formula is C23H23N3O4. The quantitative estimate of drug-likeness (QED) is 0.727. The van der Waals surface area contributed by atoms with Crippen LogP contribution in [0, 0.1) is 0 Å². The topological polar surface area (TPSA) is 74.9 Å². The minimum atomic E-state index is -0.527. The van der Waals surface area contributed by atoms with Crippen molar-refractivity contribution in [2.75, 3.05) is 27.8 Å². The van der Waals surface area contributed by atoms with E-state index in [1.807, 2.05) is 36.4 Å². The molecule has 154 valence electrons. The number of likely N-dealkylation sites (N-methyl/N-ethyl adjacent to an activating group) is 1. The Morgan fingerprint density at radius 1 is 1.03 bits per heavy atom. The number of hydrogen-bond donors (Lipinski definition) is 1. The van der Waals surface area contributed by atoms with E-state index in [2.05, 4.69) is 11.1 Å². The van der Waals surface area contributed by atoms with Crippen LogP contribution >= 0.6 is 0 Å². The molecule has 7 heteroatoms. The summed E-state index contributed by atoms with van der Waals surface area (Å²) in [4.78, 5) is 33.0. The summed E-state index contributed by atoms with van der Waals surface area (Å²) < 4.78 is 10.9. The monoisotopic (exact) mass is 405 g/mol. The molecule has 5 rings (SSSR count). The number of benzene rings is 2. The summed E-state index contributed by atoms with van der Waals surface area (Å²) in [6, 6.07) is 12.8. The van der Waals surface area contributed by atoms with Crippen molar-refractivity contribution in [3.05, 3.63) is 59.3 Å². The molecule has 3 aromatic rings. The summed E-state index contributed by atoms with van der Waals surface area (Å²) >= 11 is 0. The molecule has 2 atom stereocenters. The first-order valence-corrected chi connectivity index (χ1v) is 9.91. The average Bonchev–Trinajstić information content (AvgIpc) is 3.14. The van der Waals surface area contributed by atoms with E-state index >= 15 is 0 Å². The zero-order valence-electron chi connectivity index (χ0n) is 17.1. The van der Waals surface area contributed by atoms with Gasteiger partial charge in [-0.3, -0.25) is 9.59 Å². The molecule has 1 fully saturated rings. The van der Waals surface area contributed by atoms with E-state index in [-0.39, 0.29) is 18.4 Å². The lowest BCUT2D eigenvalue weighted by molar-refractivity contribution is -0.157. The van der Waals surface area contributed by atoms with Crippen LogP contribution in [0.25, 0.3) is 10.9 Å². The minimum absolute atomic E-state index is 0.0315. The van der Waals surface area contributed by atoms with Crippen molar-refractivity contribution >= 4 is 22.7 Å². The van der Waals surface area contributed by atoms with E-state index in [9.17, 15) is 9.59 Å². The van der Waals surface area contributed by atoms with E-state index < -0.39 is 12.1 Å². The molecule has 1 saturated heterocycles. The van der Waals surface area contributed by atoms with Gasteiger partial charge in [0.2, 0.25) is 11.8 Å². The summed E-state index contributed by atoms with van der Waals surface area (Å²) in [5.74, 6) is 1.11. The molecule has 0 spiro atoms. The van der Waals surface area contributed by atoms with E-state index in [4.69, 9.17) is 9.47 Å². The van der Waals surface area contributed by atoms with Crippen LogP contribution in [-0.2, 0) is 16.0 Å². The van der Waals surface area contributed by atoms with Gasteiger partial charge in [-0.2, -0.15) is 0 Å². The Morgan fingerprint density at radius 2 is 1.80 bits per heavy atom. The van der Waals surface area contributed by atoms with Crippen molar-refractivity contribution in [1.82, 2.24) is 14.8 Å². The van der Waals surface area contributed by atoms with Crippen molar-refractivity contribution in [3.8, 4) is 11.5 Å². The maximum Gasteiger partial charge on any atom is 0.245 e. The first-order valence-electron chi connectivity index (χ1n) is 9.91. The van der Waals surface area contributed by atoms with E-state index in [1.165, 1.54) is 4.90 Å². The number of para-hydroxylation sites is 1. The molecule has 1 unspecified atom stereocenters. The van der Waals surface area contributed by atoms with Crippen LogP contribution in [0.4, 0.5) is 0 Å². The van der Waals surface area contributed by atoms with Crippen LogP contribution in [0.2, 0.25) is 0 Å². The lowest BCUT2D eigenvalue weighted by atomic mass is 9.86. The van der Waals surface area contributed by atoms with E-state index in [0.717, 1.165) is 27.7 Å². The third kappa shape index (κ3) is 2.58. The van der Waals surface area contributed by atoms with Gasteiger partial charge in [0.05, 0.1) is 26.8 Å². The van der Waals surface area contributed by atoms with Gasteiger partial charge in [-0.1, -0.05) is 24.3 Å². The number of aromatic nitrogens is 1. The van der Waals surface area contributed by atoms with Gasteiger partial charge in [0, 0.05) is 30.1 Å². The van der Waals surface area contributed by atoms with Gasteiger partial charge in [-0.05, 0) is 29.3 Å². The zero-order valence-corrected chi connectivity index (χ0v) is 17.1. The maximum atomic E-state index is 13.1. The molecule has 0 radical (unpaired) electrons. The van der Waals surface area contributed by atoms with Crippen LogP contribution in [0.15, 0.2) is 42.5 Å². The van der Waals surface area contributed by atoms with Gasteiger partial charge < -0.3 is 24.3 Å². The second kappa shape index (κ2) is 6.79. The second-order valence-electron chi connectivity index (χ2n) is 7.80. The van der Waals surface area contributed by atoms with Gasteiger partial charge in [0.15, 0.2) is 11.5 Å². The Kier molecular flexibility index (Phi) is 4.20. The fourth-order valence-corrected chi connectivity index (χ4v) is 4.78. The number of hydrogen-bond acceptors (Lipinski definition) is 4. The highest BCUT2D eigenvalue weighted by Gasteiger charge is 2.47. The Bertz CT molecular complexity index is 1170. The van der Waals surface area contributed by atoms with Crippen LogP contribution < -0.4 is 9.47 Å². The molecule has 2 amide bonds. The molecule has 30 heavy (non-hydrogen) atoms. The third-order valence-electron chi connectivity index (χ3n) is 6.18. The van der Waals surface area contributed by atoms with Gasteiger partial charge in [-0.25, -0.2) is 0 Å². The fourth-order valence-electron chi connectivity index (χ4n) is 4.78. The predicted molar refractivity (Wildman–Crippen MR) is 112 cm³/mol. The van der Waals surface area contributed by atoms with Crippen LogP contribution in [0.5, 0.6) is 11.5 Å². The average molecular weight is 405 g/mol. The number of nitrogens with zero attached hydrogens (tertiary/aromatic N) is 2. The first-order chi connectivity index (χ1) is 14.5. The molecule has 7 nitrogen and oxygen atoms in total. The molecule has 0 bridgehead atoms. The van der Waals surface area contributed by atoms with Crippen molar-refractivity contribution < 1.29 is 19.1 Å². The lowest BCUT2D eigenvalue weighted by Gasteiger charge is -2.46. The normalized spacial score (nSPS) is 20.9. The fraction of sp³-hybridized carbons (Fsp3) is 0.304.